The Hall–Kier alpha value is -0.120. The van der Waals surface area contributed by atoms with E-state index in [1.165, 1.54) is 6.42 Å². The Balaban J connectivity index is 1.76. The Labute approximate surface area is 85.6 Å². The SMILES string of the molecule is NCC(O)(CCC1CCCO1)C1CC1. The first kappa shape index (κ1) is 10.4. The van der Waals surface area contributed by atoms with E-state index in [9.17, 15) is 5.11 Å². The van der Waals surface area contributed by atoms with E-state index in [-0.39, 0.29) is 0 Å². The summed E-state index contributed by atoms with van der Waals surface area (Å²) in [5.41, 5.74) is 5.05. The Bertz CT molecular complexity index is 188. The van der Waals surface area contributed by atoms with E-state index >= 15 is 0 Å². The highest BCUT2D eigenvalue weighted by atomic mass is 16.5. The number of nitrogens with two attached hydrogens (primary N) is 1. The third-order valence-corrected chi connectivity index (χ3v) is 3.61. The molecule has 0 aromatic rings. The lowest BCUT2D eigenvalue weighted by Crippen LogP contribution is -2.40. The van der Waals surface area contributed by atoms with Crippen molar-refractivity contribution >= 4 is 0 Å². The predicted molar refractivity (Wildman–Crippen MR) is 54.9 cm³/mol. The smallest absolute Gasteiger partial charge is 0.0798 e. The van der Waals surface area contributed by atoms with Crippen LogP contribution in [0.1, 0.15) is 38.5 Å². The van der Waals surface area contributed by atoms with Gasteiger partial charge in [0.2, 0.25) is 0 Å². The van der Waals surface area contributed by atoms with Gasteiger partial charge in [-0.3, -0.25) is 0 Å². The first-order valence-electron chi connectivity index (χ1n) is 5.79. The summed E-state index contributed by atoms with van der Waals surface area (Å²) in [6.07, 6.45) is 6.81. The van der Waals surface area contributed by atoms with Gasteiger partial charge in [0.05, 0.1) is 11.7 Å². The van der Waals surface area contributed by atoms with Crippen molar-refractivity contribution in [2.75, 3.05) is 13.2 Å². The Morgan fingerprint density at radius 1 is 1.36 bits per heavy atom. The number of hydrogen-bond acceptors (Lipinski definition) is 3. The van der Waals surface area contributed by atoms with Crippen LogP contribution in [0.3, 0.4) is 0 Å². The molecule has 1 saturated heterocycles. The highest BCUT2D eigenvalue weighted by Crippen LogP contribution is 2.42. The molecule has 2 atom stereocenters. The molecular formula is C11H21NO2. The maximum atomic E-state index is 10.2. The van der Waals surface area contributed by atoms with Gasteiger partial charge in [0.1, 0.15) is 0 Å². The molecule has 0 amide bonds. The van der Waals surface area contributed by atoms with Gasteiger partial charge in [-0.15, -0.1) is 0 Å². The zero-order chi connectivity index (χ0) is 10.0. The van der Waals surface area contributed by atoms with Gasteiger partial charge in [-0.05, 0) is 44.4 Å². The number of rotatable bonds is 5. The molecule has 0 spiro atoms. The fourth-order valence-corrected chi connectivity index (χ4v) is 2.38. The molecular weight excluding hydrogens is 178 g/mol. The van der Waals surface area contributed by atoms with Crippen molar-refractivity contribution < 1.29 is 9.84 Å². The Morgan fingerprint density at radius 3 is 2.64 bits per heavy atom. The highest BCUT2D eigenvalue weighted by molar-refractivity contribution is 4.95. The summed E-state index contributed by atoms with van der Waals surface area (Å²) < 4.78 is 5.54. The van der Waals surface area contributed by atoms with Crippen LogP contribution >= 0.6 is 0 Å². The fraction of sp³-hybridized carbons (Fsp3) is 1.00. The second-order valence-electron chi connectivity index (χ2n) is 4.76. The van der Waals surface area contributed by atoms with Crippen molar-refractivity contribution in [3.63, 3.8) is 0 Å². The maximum absolute atomic E-state index is 10.2. The highest BCUT2D eigenvalue weighted by Gasteiger charge is 2.42. The molecule has 1 aliphatic heterocycles. The van der Waals surface area contributed by atoms with Crippen molar-refractivity contribution in [1.29, 1.82) is 0 Å². The Morgan fingerprint density at radius 2 is 2.14 bits per heavy atom. The van der Waals surface area contributed by atoms with Crippen LogP contribution in [0.4, 0.5) is 0 Å². The first-order chi connectivity index (χ1) is 6.74. The van der Waals surface area contributed by atoms with Gasteiger partial charge in [-0.2, -0.15) is 0 Å². The zero-order valence-corrected chi connectivity index (χ0v) is 8.74. The zero-order valence-electron chi connectivity index (χ0n) is 8.74. The van der Waals surface area contributed by atoms with Gasteiger partial charge < -0.3 is 15.6 Å². The van der Waals surface area contributed by atoms with Gasteiger partial charge in [0.15, 0.2) is 0 Å². The standard InChI is InChI=1S/C11H21NO2/c12-8-11(13,9-3-4-9)6-5-10-2-1-7-14-10/h9-10,13H,1-8,12H2. The van der Waals surface area contributed by atoms with E-state index in [2.05, 4.69) is 0 Å². The molecule has 1 aliphatic carbocycles. The maximum Gasteiger partial charge on any atom is 0.0798 e. The van der Waals surface area contributed by atoms with Crippen molar-refractivity contribution in [1.82, 2.24) is 0 Å². The average molecular weight is 199 g/mol. The lowest BCUT2D eigenvalue weighted by molar-refractivity contribution is -0.000466. The van der Waals surface area contributed by atoms with E-state index in [1.54, 1.807) is 0 Å². The summed E-state index contributed by atoms with van der Waals surface area (Å²) in [5.74, 6) is 0.467. The normalized spacial score (nSPS) is 31.7. The first-order valence-corrected chi connectivity index (χ1v) is 5.79. The van der Waals surface area contributed by atoms with Crippen LogP contribution in [-0.4, -0.2) is 30.0 Å². The van der Waals surface area contributed by atoms with E-state index < -0.39 is 5.60 Å². The average Bonchev–Trinajstić information content (AvgIpc) is 2.94. The second kappa shape index (κ2) is 4.17. The third kappa shape index (κ3) is 2.27. The molecule has 2 unspecified atom stereocenters. The third-order valence-electron chi connectivity index (χ3n) is 3.61. The minimum atomic E-state index is -0.591. The molecule has 2 aliphatic rings. The molecule has 0 aromatic heterocycles. The Kier molecular flexibility index (Phi) is 3.10. The van der Waals surface area contributed by atoms with Crippen LogP contribution in [0.15, 0.2) is 0 Å². The summed E-state index contributed by atoms with van der Waals surface area (Å²) in [6.45, 7) is 1.31. The number of hydrogen-bond donors (Lipinski definition) is 2. The minimum Gasteiger partial charge on any atom is -0.388 e. The van der Waals surface area contributed by atoms with Crippen LogP contribution in [0.5, 0.6) is 0 Å². The fourth-order valence-electron chi connectivity index (χ4n) is 2.38. The molecule has 3 heteroatoms. The molecule has 2 rings (SSSR count). The van der Waals surface area contributed by atoms with E-state index in [4.69, 9.17) is 10.5 Å². The van der Waals surface area contributed by atoms with Gasteiger partial charge >= 0.3 is 0 Å². The molecule has 2 fully saturated rings. The molecule has 1 heterocycles. The number of aliphatic hydroxyl groups is 1. The summed E-state index contributed by atoms with van der Waals surface area (Å²) in [7, 11) is 0. The van der Waals surface area contributed by atoms with Crippen LogP contribution in [0, 0.1) is 5.92 Å². The molecule has 3 N–H and O–H groups in total. The van der Waals surface area contributed by atoms with Crippen LogP contribution in [0.25, 0.3) is 0 Å². The van der Waals surface area contributed by atoms with Crippen LogP contribution in [0.2, 0.25) is 0 Å². The molecule has 1 saturated carbocycles. The van der Waals surface area contributed by atoms with Crippen molar-refractivity contribution in [2.24, 2.45) is 11.7 Å². The largest absolute Gasteiger partial charge is 0.388 e. The number of ether oxygens (including phenoxy) is 1. The molecule has 14 heavy (non-hydrogen) atoms. The van der Waals surface area contributed by atoms with Crippen molar-refractivity contribution in [2.45, 2.75) is 50.2 Å². The van der Waals surface area contributed by atoms with Crippen molar-refractivity contribution in [3.8, 4) is 0 Å². The second-order valence-corrected chi connectivity index (χ2v) is 4.76. The van der Waals surface area contributed by atoms with Gasteiger partial charge in [-0.25, -0.2) is 0 Å². The molecule has 0 bridgehead atoms. The van der Waals surface area contributed by atoms with Crippen LogP contribution < -0.4 is 5.73 Å². The van der Waals surface area contributed by atoms with Gasteiger partial charge in [0.25, 0.3) is 0 Å². The lowest BCUT2D eigenvalue weighted by atomic mass is 9.90. The van der Waals surface area contributed by atoms with Crippen molar-refractivity contribution in [3.05, 3.63) is 0 Å². The predicted octanol–water partition coefficient (Wildman–Crippen LogP) is 1.05. The van der Waals surface area contributed by atoms with E-state index in [0.717, 1.165) is 38.7 Å². The van der Waals surface area contributed by atoms with Crippen LogP contribution in [-0.2, 0) is 4.74 Å². The molecule has 3 nitrogen and oxygen atoms in total. The van der Waals surface area contributed by atoms with Gasteiger partial charge in [-0.1, -0.05) is 0 Å². The molecule has 0 radical (unpaired) electrons. The molecule has 82 valence electrons. The summed E-state index contributed by atoms with van der Waals surface area (Å²) in [4.78, 5) is 0. The minimum absolute atomic E-state index is 0.381. The summed E-state index contributed by atoms with van der Waals surface area (Å²) in [6, 6.07) is 0. The summed E-state index contributed by atoms with van der Waals surface area (Å²) in [5, 5.41) is 10.2. The topological polar surface area (TPSA) is 55.5 Å². The van der Waals surface area contributed by atoms with E-state index in [0.29, 0.717) is 18.6 Å². The lowest BCUT2D eigenvalue weighted by Gasteiger charge is -2.27. The quantitative estimate of drug-likeness (QED) is 0.695. The van der Waals surface area contributed by atoms with Gasteiger partial charge in [0, 0.05) is 13.2 Å². The monoisotopic (exact) mass is 199 g/mol. The summed E-state index contributed by atoms with van der Waals surface area (Å²) >= 11 is 0. The van der Waals surface area contributed by atoms with E-state index in [1.807, 2.05) is 0 Å². The molecule has 0 aromatic carbocycles.